The van der Waals surface area contributed by atoms with Gasteiger partial charge in [0.1, 0.15) is 5.82 Å². The number of nitrogens with two attached hydrogens (primary N) is 1. The van der Waals surface area contributed by atoms with Crippen LogP contribution in [-0.2, 0) is 12.8 Å². The summed E-state index contributed by atoms with van der Waals surface area (Å²) in [5.41, 5.74) is 7.95. The van der Waals surface area contributed by atoms with E-state index >= 15 is 0 Å². The van der Waals surface area contributed by atoms with Crippen molar-refractivity contribution in [2.75, 3.05) is 11.5 Å². The van der Waals surface area contributed by atoms with E-state index in [-0.39, 0.29) is 5.17 Å². The maximum Gasteiger partial charge on any atom is 0.151 e. The molecule has 0 aliphatic rings. The maximum atomic E-state index is 7.18. The molecule has 0 saturated heterocycles. The van der Waals surface area contributed by atoms with Gasteiger partial charge in [-0.3, -0.25) is 5.41 Å². The van der Waals surface area contributed by atoms with E-state index in [9.17, 15) is 0 Å². The van der Waals surface area contributed by atoms with Gasteiger partial charge in [-0.05, 0) is 37.0 Å². The summed E-state index contributed by atoms with van der Waals surface area (Å²) in [6.45, 7) is 1.91. The molecule has 4 nitrogen and oxygen atoms in total. The Balaban J connectivity index is 1.75. The van der Waals surface area contributed by atoms with Crippen molar-refractivity contribution in [3.05, 3.63) is 53.5 Å². The fourth-order valence-electron chi connectivity index (χ4n) is 1.94. The zero-order valence-corrected chi connectivity index (χ0v) is 14.2. The van der Waals surface area contributed by atoms with Crippen LogP contribution in [0.5, 0.6) is 0 Å². The van der Waals surface area contributed by atoms with Gasteiger partial charge in [0.25, 0.3) is 0 Å². The third-order valence-corrected chi connectivity index (χ3v) is 4.71. The lowest BCUT2D eigenvalue weighted by atomic mass is 10.1. The fraction of sp³-hybridized carbons (Fsp3) is 0.312. The molecule has 1 heterocycles. The summed E-state index contributed by atoms with van der Waals surface area (Å²) in [7, 11) is 0. The van der Waals surface area contributed by atoms with Gasteiger partial charge in [-0.2, -0.15) is 0 Å². The topological polar surface area (TPSA) is 75.7 Å². The molecule has 0 aliphatic heterocycles. The van der Waals surface area contributed by atoms with Crippen LogP contribution < -0.4 is 5.73 Å². The number of rotatable bonds is 7. The van der Waals surface area contributed by atoms with Crippen LogP contribution in [0.15, 0.2) is 41.6 Å². The minimum Gasteiger partial charge on any atom is -0.379 e. The first-order valence-electron chi connectivity index (χ1n) is 7.10. The van der Waals surface area contributed by atoms with Crippen LogP contribution in [0.25, 0.3) is 0 Å². The Morgan fingerprint density at radius 2 is 1.73 bits per heavy atom. The highest BCUT2D eigenvalue weighted by molar-refractivity contribution is 8.13. The summed E-state index contributed by atoms with van der Waals surface area (Å²) < 4.78 is 0. The first kappa shape index (κ1) is 16.8. The molecule has 1 aromatic carbocycles. The van der Waals surface area contributed by atoms with Crippen LogP contribution in [0.3, 0.4) is 0 Å². The van der Waals surface area contributed by atoms with Gasteiger partial charge in [-0.25, -0.2) is 9.97 Å². The number of hydrogen-bond acceptors (Lipinski definition) is 5. The van der Waals surface area contributed by atoms with Crippen molar-refractivity contribution in [3.63, 3.8) is 0 Å². The Kier molecular flexibility index (Phi) is 6.74. The van der Waals surface area contributed by atoms with Crippen LogP contribution >= 0.6 is 23.5 Å². The van der Waals surface area contributed by atoms with Crippen molar-refractivity contribution in [3.8, 4) is 0 Å². The first-order chi connectivity index (χ1) is 10.6. The summed E-state index contributed by atoms with van der Waals surface area (Å²) in [6, 6.07) is 10.6. The molecule has 0 radical (unpaired) electrons. The standard InChI is InChI=1S/C16H20N4S2/c1-12-19-9-6-15(20-12)21-10-7-13-2-4-14(5-3-13)8-11-22-16(17)18/h2-6,9H,7-8,10-11H2,1H3,(H3,17,18). The van der Waals surface area contributed by atoms with Crippen LogP contribution in [-0.4, -0.2) is 26.6 Å². The van der Waals surface area contributed by atoms with Crippen LogP contribution in [0, 0.1) is 12.3 Å². The summed E-state index contributed by atoms with van der Waals surface area (Å²) in [6.07, 6.45) is 3.77. The van der Waals surface area contributed by atoms with Crippen molar-refractivity contribution in [2.45, 2.75) is 24.8 Å². The average Bonchev–Trinajstić information content (AvgIpc) is 2.49. The van der Waals surface area contributed by atoms with E-state index in [1.54, 1.807) is 18.0 Å². The molecule has 22 heavy (non-hydrogen) atoms. The van der Waals surface area contributed by atoms with Gasteiger partial charge in [-0.15, -0.1) is 11.8 Å². The molecule has 0 bridgehead atoms. The van der Waals surface area contributed by atoms with Gasteiger partial charge in [0, 0.05) is 17.7 Å². The second-order valence-electron chi connectivity index (χ2n) is 4.82. The largest absolute Gasteiger partial charge is 0.379 e. The van der Waals surface area contributed by atoms with Crippen LogP contribution in [0.1, 0.15) is 17.0 Å². The minimum absolute atomic E-state index is 0.189. The van der Waals surface area contributed by atoms with Crippen molar-refractivity contribution >= 4 is 28.7 Å². The molecule has 0 fully saturated rings. The van der Waals surface area contributed by atoms with E-state index in [1.165, 1.54) is 22.9 Å². The summed E-state index contributed by atoms with van der Waals surface area (Å²) in [4.78, 5) is 8.49. The molecule has 0 atom stereocenters. The molecule has 0 amide bonds. The number of nitrogens with zero attached hydrogens (tertiary/aromatic N) is 2. The third kappa shape index (κ3) is 6.07. The average molecular weight is 332 g/mol. The Morgan fingerprint density at radius 1 is 1.09 bits per heavy atom. The molecular formula is C16H20N4S2. The van der Waals surface area contributed by atoms with E-state index < -0.39 is 0 Å². The lowest BCUT2D eigenvalue weighted by Crippen LogP contribution is -2.05. The van der Waals surface area contributed by atoms with E-state index in [4.69, 9.17) is 11.1 Å². The van der Waals surface area contributed by atoms with Gasteiger partial charge < -0.3 is 5.73 Å². The maximum absolute atomic E-state index is 7.18. The highest BCUT2D eigenvalue weighted by atomic mass is 32.2. The Labute approximate surface area is 139 Å². The normalized spacial score (nSPS) is 10.6. The molecular weight excluding hydrogens is 312 g/mol. The van der Waals surface area contributed by atoms with E-state index in [2.05, 4.69) is 34.2 Å². The molecule has 0 aliphatic carbocycles. The fourth-order valence-corrected chi connectivity index (χ4v) is 3.40. The van der Waals surface area contributed by atoms with Crippen LogP contribution in [0.2, 0.25) is 0 Å². The second-order valence-corrected chi connectivity index (χ2v) is 7.07. The van der Waals surface area contributed by atoms with Crippen molar-refractivity contribution in [2.24, 2.45) is 5.73 Å². The molecule has 2 aromatic rings. The second kappa shape index (κ2) is 8.80. The number of aromatic nitrogens is 2. The molecule has 2 rings (SSSR count). The van der Waals surface area contributed by atoms with Crippen LogP contribution in [0.4, 0.5) is 0 Å². The predicted molar refractivity (Wildman–Crippen MR) is 95.7 cm³/mol. The van der Waals surface area contributed by atoms with E-state index in [1.807, 2.05) is 13.0 Å². The van der Waals surface area contributed by atoms with Crippen molar-refractivity contribution < 1.29 is 0 Å². The lowest BCUT2D eigenvalue weighted by molar-refractivity contribution is 0.965. The zero-order chi connectivity index (χ0) is 15.8. The lowest BCUT2D eigenvalue weighted by Gasteiger charge is -2.05. The van der Waals surface area contributed by atoms with Gasteiger partial charge in [0.05, 0.1) is 5.03 Å². The van der Waals surface area contributed by atoms with Gasteiger partial charge >= 0.3 is 0 Å². The molecule has 6 heteroatoms. The van der Waals surface area contributed by atoms with Crippen molar-refractivity contribution in [1.29, 1.82) is 5.41 Å². The molecule has 3 N–H and O–H groups in total. The molecule has 0 saturated carbocycles. The van der Waals surface area contributed by atoms with E-state index in [0.29, 0.717) is 0 Å². The van der Waals surface area contributed by atoms with Crippen molar-refractivity contribution in [1.82, 2.24) is 9.97 Å². The smallest absolute Gasteiger partial charge is 0.151 e. The summed E-state index contributed by atoms with van der Waals surface area (Å²) >= 11 is 3.15. The Bertz CT molecular complexity index is 614. The number of amidine groups is 1. The number of hydrogen-bond donors (Lipinski definition) is 2. The number of aryl methyl sites for hydroxylation is 3. The number of nitrogens with one attached hydrogen (secondary N) is 1. The zero-order valence-electron chi connectivity index (χ0n) is 12.6. The third-order valence-electron chi connectivity index (χ3n) is 3.06. The van der Waals surface area contributed by atoms with Gasteiger partial charge in [-0.1, -0.05) is 36.0 Å². The Morgan fingerprint density at radius 3 is 2.32 bits per heavy atom. The summed E-state index contributed by atoms with van der Waals surface area (Å²) in [5.74, 6) is 2.69. The summed E-state index contributed by atoms with van der Waals surface area (Å²) in [5, 5.41) is 8.41. The highest BCUT2D eigenvalue weighted by Gasteiger charge is 2.00. The first-order valence-corrected chi connectivity index (χ1v) is 9.07. The SMILES string of the molecule is Cc1nccc(SCCc2ccc(CCSC(=N)N)cc2)n1. The van der Waals surface area contributed by atoms with Gasteiger partial charge in [0.15, 0.2) is 5.17 Å². The molecule has 0 unspecified atom stereocenters. The Hall–Kier alpha value is -1.53. The monoisotopic (exact) mass is 332 g/mol. The predicted octanol–water partition coefficient (Wildman–Crippen LogP) is 3.29. The highest BCUT2D eigenvalue weighted by Crippen LogP contribution is 2.17. The molecule has 1 aromatic heterocycles. The van der Waals surface area contributed by atoms with E-state index in [0.717, 1.165) is 35.2 Å². The molecule has 0 spiro atoms. The number of thioether (sulfide) groups is 2. The van der Waals surface area contributed by atoms with Gasteiger partial charge in [0.2, 0.25) is 0 Å². The minimum atomic E-state index is 0.189. The number of benzene rings is 1. The molecule has 116 valence electrons. The quantitative estimate of drug-likeness (QED) is 0.352.